The molecular formula is C23H25N3O. The third-order valence-electron chi connectivity index (χ3n) is 4.55. The minimum Gasteiger partial charge on any atom is -0.370 e. The fourth-order valence-corrected chi connectivity index (χ4v) is 3.02. The van der Waals surface area contributed by atoms with E-state index in [4.69, 9.17) is 0 Å². The molecule has 0 spiro atoms. The molecule has 27 heavy (non-hydrogen) atoms. The zero-order chi connectivity index (χ0) is 19.1. The Hall–Kier alpha value is -3.14. The largest absolute Gasteiger partial charge is 0.370 e. The van der Waals surface area contributed by atoms with Crippen molar-refractivity contribution < 1.29 is 4.79 Å². The molecule has 0 N–H and O–H groups in total. The van der Waals surface area contributed by atoms with Crippen molar-refractivity contribution in [1.29, 1.82) is 0 Å². The molecule has 2 aromatic carbocycles. The van der Waals surface area contributed by atoms with Crippen LogP contribution in [-0.2, 0) is 13.1 Å². The minimum absolute atomic E-state index is 0.0451. The molecule has 0 radical (unpaired) electrons. The number of rotatable bonds is 7. The van der Waals surface area contributed by atoms with E-state index in [1.54, 1.807) is 6.20 Å². The molecule has 0 aliphatic heterocycles. The number of carbonyl (C=O) groups excluding carboxylic acids is 1. The summed E-state index contributed by atoms with van der Waals surface area (Å²) in [5.74, 6) is -0.0451. The predicted molar refractivity (Wildman–Crippen MR) is 110 cm³/mol. The maximum Gasteiger partial charge on any atom is 0.272 e. The summed E-state index contributed by atoms with van der Waals surface area (Å²) in [6, 6.07) is 24.1. The molecule has 0 bridgehead atoms. The van der Waals surface area contributed by atoms with Gasteiger partial charge in [-0.15, -0.1) is 0 Å². The lowest BCUT2D eigenvalue weighted by molar-refractivity contribution is 0.0746. The second-order valence-electron chi connectivity index (χ2n) is 6.55. The Morgan fingerprint density at radius 2 is 1.48 bits per heavy atom. The van der Waals surface area contributed by atoms with E-state index in [0.29, 0.717) is 18.8 Å². The van der Waals surface area contributed by atoms with Gasteiger partial charge in [0.2, 0.25) is 0 Å². The summed E-state index contributed by atoms with van der Waals surface area (Å²) in [7, 11) is 2.03. The Morgan fingerprint density at radius 1 is 0.889 bits per heavy atom. The number of anilines is 1. The highest BCUT2D eigenvalue weighted by Gasteiger charge is 2.17. The molecule has 1 aromatic heterocycles. The van der Waals surface area contributed by atoms with Gasteiger partial charge in [0.15, 0.2) is 0 Å². The fraction of sp³-hybridized carbons (Fsp3) is 0.217. The van der Waals surface area contributed by atoms with Crippen LogP contribution in [0.15, 0.2) is 79.0 Å². The lowest BCUT2D eigenvalue weighted by atomic mass is 10.2. The van der Waals surface area contributed by atoms with Crippen molar-refractivity contribution in [3.63, 3.8) is 0 Å². The van der Waals surface area contributed by atoms with Gasteiger partial charge >= 0.3 is 0 Å². The Balaban J connectivity index is 1.74. The molecule has 0 saturated carbocycles. The number of pyridine rings is 1. The van der Waals surface area contributed by atoms with E-state index in [9.17, 15) is 4.79 Å². The maximum atomic E-state index is 13.0. The van der Waals surface area contributed by atoms with Crippen molar-refractivity contribution in [3.8, 4) is 0 Å². The summed E-state index contributed by atoms with van der Waals surface area (Å²) in [6.45, 7) is 3.99. The highest BCUT2D eigenvalue weighted by atomic mass is 16.2. The predicted octanol–water partition coefficient (Wildman–Crippen LogP) is 4.38. The number of nitrogens with zero attached hydrogens (tertiary/aromatic N) is 3. The molecule has 0 unspecified atom stereocenters. The van der Waals surface area contributed by atoms with E-state index >= 15 is 0 Å². The van der Waals surface area contributed by atoms with Crippen molar-refractivity contribution in [2.24, 2.45) is 0 Å². The van der Waals surface area contributed by atoms with Gasteiger partial charge in [-0.25, -0.2) is 0 Å². The molecule has 3 rings (SSSR count). The van der Waals surface area contributed by atoms with Gasteiger partial charge in [-0.1, -0.05) is 60.7 Å². The molecule has 1 amide bonds. The zero-order valence-corrected chi connectivity index (χ0v) is 15.9. The third-order valence-corrected chi connectivity index (χ3v) is 4.55. The molecule has 3 aromatic rings. The van der Waals surface area contributed by atoms with Gasteiger partial charge in [0.1, 0.15) is 5.69 Å². The lowest BCUT2D eigenvalue weighted by Crippen LogP contribution is -2.31. The Bertz CT molecular complexity index is 865. The second kappa shape index (κ2) is 8.99. The van der Waals surface area contributed by atoms with E-state index in [1.165, 1.54) is 5.56 Å². The Kier molecular flexibility index (Phi) is 6.21. The van der Waals surface area contributed by atoms with Gasteiger partial charge in [0.05, 0.1) is 0 Å². The number of aromatic nitrogens is 1. The normalized spacial score (nSPS) is 10.4. The summed E-state index contributed by atoms with van der Waals surface area (Å²) >= 11 is 0. The summed E-state index contributed by atoms with van der Waals surface area (Å²) in [4.78, 5) is 21.2. The quantitative estimate of drug-likeness (QED) is 0.628. The van der Waals surface area contributed by atoms with Gasteiger partial charge in [0, 0.05) is 38.6 Å². The van der Waals surface area contributed by atoms with Crippen molar-refractivity contribution in [1.82, 2.24) is 9.88 Å². The summed E-state index contributed by atoms with van der Waals surface area (Å²) in [5.41, 5.74) is 3.80. The first-order chi connectivity index (χ1) is 13.2. The average Bonchev–Trinajstić information content (AvgIpc) is 2.73. The first-order valence-corrected chi connectivity index (χ1v) is 9.21. The van der Waals surface area contributed by atoms with Crippen molar-refractivity contribution in [3.05, 3.63) is 95.8 Å². The third kappa shape index (κ3) is 4.94. The lowest BCUT2D eigenvalue weighted by Gasteiger charge is -2.23. The Labute approximate surface area is 161 Å². The topological polar surface area (TPSA) is 36.4 Å². The molecule has 0 saturated heterocycles. The van der Waals surface area contributed by atoms with E-state index in [-0.39, 0.29) is 5.91 Å². The molecule has 0 aliphatic carbocycles. The number of hydrogen-bond donors (Lipinski definition) is 0. The maximum absolute atomic E-state index is 13.0. The second-order valence-corrected chi connectivity index (χ2v) is 6.55. The van der Waals surface area contributed by atoms with E-state index in [1.807, 2.05) is 79.5 Å². The van der Waals surface area contributed by atoms with Crippen LogP contribution in [0.2, 0.25) is 0 Å². The first kappa shape index (κ1) is 18.6. The van der Waals surface area contributed by atoms with Crippen molar-refractivity contribution in [2.75, 3.05) is 18.5 Å². The summed E-state index contributed by atoms with van der Waals surface area (Å²) in [6.07, 6.45) is 1.71. The smallest absolute Gasteiger partial charge is 0.272 e. The van der Waals surface area contributed by atoms with E-state index < -0.39 is 0 Å². The molecule has 138 valence electrons. The van der Waals surface area contributed by atoms with Gasteiger partial charge in [-0.05, 0) is 30.2 Å². The average molecular weight is 359 g/mol. The SMILES string of the molecule is CCN(Cc1ccccc1)C(=O)c1cc(N(C)Cc2ccccc2)ccn1. The highest BCUT2D eigenvalue weighted by Crippen LogP contribution is 2.17. The van der Waals surface area contributed by atoms with Crippen LogP contribution in [0.25, 0.3) is 0 Å². The minimum atomic E-state index is -0.0451. The Morgan fingerprint density at radius 3 is 2.07 bits per heavy atom. The fourth-order valence-electron chi connectivity index (χ4n) is 3.02. The molecule has 4 heteroatoms. The van der Waals surface area contributed by atoms with Crippen LogP contribution in [0.5, 0.6) is 0 Å². The summed E-state index contributed by atoms with van der Waals surface area (Å²) in [5, 5.41) is 0. The molecule has 1 heterocycles. The van der Waals surface area contributed by atoms with Gasteiger partial charge < -0.3 is 9.80 Å². The van der Waals surface area contributed by atoms with Crippen LogP contribution in [0, 0.1) is 0 Å². The van der Waals surface area contributed by atoms with Crippen LogP contribution in [-0.4, -0.2) is 29.4 Å². The molecule has 0 aliphatic rings. The van der Waals surface area contributed by atoms with Crippen LogP contribution in [0.3, 0.4) is 0 Å². The van der Waals surface area contributed by atoms with Crippen LogP contribution in [0.1, 0.15) is 28.5 Å². The van der Waals surface area contributed by atoms with Gasteiger partial charge in [-0.2, -0.15) is 0 Å². The zero-order valence-electron chi connectivity index (χ0n) is 15.9. The van der Waals surface area contributed by atoms with Gasteiger partial charge in [0.25, 0.3) is 5.91 Å². The number of carbonyl (C=O) groups is 1. The van der Waals surface area contributed by atoms with Crippen molar-refractivity contribution >= 4 is 11.6 Å². The number of amides is 1. The standard InChI is InChI=1S/C23H25N3O/c1-3-26(18-20-12-8-5-9-13-20)23(27)22-16-21(14-15-24-22)25(2)17-19-10-6-4-7-11-19/h4-16H,3,17-18H2,1-2H3. The van der Waals surface area contributed by atoms with E-state index in [0.717, 1.165) is 17.8 Å². The van der Waals surface area contributed by atoms with Crippen LogP contribution >= 0.6 is 0 Å². The molecular weight excluding hydrogens is 334 g/mol. The van der Waals surface area contributed by atoms with Crippen LogP contribution < -0.4 is 4.90 Å². The highest BCUT2D eigenvalue weighted by molar-refractivity contribution is 5.93. The number of benzene rings is 2. The van der Waals surface area contributed by atoms with Crippen LogP contribution in [0.4, 0.5) is 5.69 Å². The summed E-state index contributed by atoms with van der Waals surface area (Å²) < 4.78 is 0. The van der Waals surface area contributed by atoms with Crippen molar-refractivity contribution in [2.45, 2.75) is 20.0 Å². The monoisotopic (exact) mass is 359 g/mol. The first-order valence-electron chi connectivity index (χ1n) is 9.21. The van der Waals surface area contributed by atoms with E-state index in [2.05, 4.69) is 22.0 Å². The molecule has 4 nitrogen and oxygen atoms in total. The van der Waals surface area contributed by atoms with Gasteiger partial charge in [-0.3, -0.25) is 9.78 Å². The molecule has 0 atom stereocenters. The molecule has 0 fully saturated rings. The number of hydrogen-bond acceptors (Lipinski definition) is 3.